The molecular formula is C20H25N3O2. The minimum Gasteiger partial charge on any atom is -0.377 e. The van der Waals surface area contributed by atoms with Crippen LogP contribution in [0.15, 0.2) is 36.5 Å². The largest absolute Gasteiger partial charge is 0.377 e. The molecule has 1 aromatic carbocycles. The molecule has 1 aromatic heterocycles. The summed E-state index contributed by atoms with van der Waals surface area (Å²) in [6.07, 6.45) is 4.81. The monoisotopic (exact) mass is 339 g/mol. The first-order valence-corrected chi connectivity index (χ1v) is 9.02. The van der Waals surface area contributed by atoms with Gasteiger partial charge in [-0.15, -0.1) is 0 Å². The number of carbonyl (C=O) groups excluding carboxylic acids is 1. The van der Waals surface area contributed by atoms with Gasteiger partial charge in [0.2, 0.25) is 5.91 Å². The lowest BCUT2D eigenvalue weighted by Crippen LogP contribution is -2.38. The molecule has 1 amide bonds. The lowest BCUT2D eigenvalue weighted by Gasteiger charge is -2.24. The zero-order chi connectivity index (χ0) is 17.4. The summed E-state index contributed by atoms with van der Waals surface area (Å²) in [6.45, 7) is 4.17. The van der Waals surface area contributed by atoms with Crippen molar-refractivity contribution in [3.63, 3.8) is 0 Å². The number of nitrogens with zero attached hydrogens (tertiary/aromatic N) is 3. The van der Waals surface area contributed by atoms with Crippen LogP contribution in [0.3, 0.4) is 0 Å². The van der Waals surface area contributed by atoms with Gasteiger partial charge in [0.05, 0.1) is 11.5 Å². The van der Waals surface area contributed by atoms with Crippen LogP contribution in [0, 0.1) is 6.92 Å². The Hall–Kier alpha value is -2.14. The van der Waals surface area contributed by atoms with Gasteiger partial charge in [-0.05, 0) is 31.7 Å². The van der Waals surface area contributed by atoms with Gasteiger partial charge in [0.25, 0.3) is 0 Å². The average molecular weight is 339 g/mol. The van der Waals surface area contributed by atoms with E-state index in [1.165, 1.54) is 5.56 Å². The molecule has 2 fully saturated rings. The number of aromatic nitrogens is 2. The Bertz CT molecular complexity index is 765. The molecule has 5 heteroatoms. The molecule has 132 valence electrons. The minimum absolute atomic E-state index is 0.268. The van der Waals surface area contributed by atoms with Gasteiger partial charge in [0, 0.05) is 32.1 Å². The van der Waals surface area contributed by atoms with Crippen molar-refractivity contribution in [3.05, 3.63) is 53.6 Å². The molecule has 0 spiro atoms. The van der Waals surface area contributed by atoms with Crippen LogP contribution in [0.1, 0.15) is 42.4 Å². The van der Waals surface area contributed by atoms with Crippen LogP contribution in [0.25, 0.3) is 0 Å². The molecule has 2 aromatic rings. The standard InChI is InChI=1S/C20H25N3O2/c1-15-12-21-18(14-25-2)23(15)17-8-11-22(13-17)19(24)20(9-10-20)16-6-4-3-5-7-16/h3-7,12,17H,8-11,13-14H2,1-2H3. The third-order valence-electron chi connectivity index (χ3n) is 5.63. The summed E-state index contributed by atoms with van der Waals surface area (Å²) >= 11 is 0. The van der Waals surface area contributed by atoms with E-state index >= 15 is 0 Å². The highest BCUT2D eigenvalue weighted by Gasteiger charge is 2.53. The van der Waals surface area contributed by atoms with Crippen molar-refractivity contribution < 1.29 is 9.53 Å². The predicted molar refractivity (Wildman–Crippen MR) is 95.3 cm³/mol. The molecule has 1 atom stereocenters. The van der Waals surface area contributed by atoms with Crippen molar-refractivity contribution in [2.45, 2.75) is 44.2 Å². The quantitative estimate of drug-likeness (QED) is 0.841. The highest BCUT2D eigenvalue weighted by Crippen LogP contribution is 2.50. The zero-order valence-corrected chi connectivity index (χ0v) is 14.9. The van der Waals surface area contributed by atoms with E-state index in [0.717, 1.165) is 43.9 Å². The third-order valence-corrected chi connectivity index (χ3v) is 5.63. The average Bonchev–Trinajstić information content (AvgIpc) is 3.18. The van der Waals surface area contributed by atoms with Gasteiger partial charge in [-0.3, -0.25) is 4.79 Å². The van der Waals surface area contributed by atoms with Gasteiger partial charge in [-0.2, -0.15) is 0 Å². The van der Waals surface area contributed by atoms with Crippen molar-refractivity contribution in [2.75, 3.05) is 20.2 Å². The number of rotatable bonds is 5. The maximum Gasteiger partial charge on any atom is 0.233 e. The predicted octanol–water partition coefficient (Wildman–Crippen LogP) is 2.84. The van der Waals surface area contributed by atoms with Crippen molar-refractivity contribution in [1.82, 2.24) is 14.5 Å². The fourth-order valence-corrected chi connectivity index (χ4v) is 4.18. The highest BCUT2D eigenvalue weighted by molar-refractivity contribution is 5.91. The number of hydrogen-bond acceptors (Lipinski definition) is 3. The smallest absolute Gasteiger partial charge is 0.233 e. The number of imidazole rings is 1. The molecule has 5 nitrogen and oxygen atoms in total. The summed E-state index contributed by atoms with van der Waals surface area (Å²) < 4.78 is 7.52. The normalized spacial score (nSPS) is 21.5. The van der Waals surface area contributed by atoms with Crippen LogP contribution in [0.2, 0.25) is 0 Å². The molecule has 1 saturated heterocycles. The van der Waals surface area contributed by atoms with Gasteiger partial charge in [-0.1, -0.05) is 30.3 Å². The van der Waals surface area contributed by atoms with E-state index in [0.29, 0.717) is 18.6 Å². The maximum absolute atomic E-state index is 13.2. The Balaban J connectivity index is 1.52. The second-order valence-corrected chi connectivity index (χ2v) is 7.26. The summed E-state index contributed by atoms with van der Waals surface area (Å²) in [6, 6.07) is 10.5. The number of amides is 1. The number of benzene rings is 1. The number of likely N-dealkylation sites (tertiary alicyclic amines) is 1. The molecule has 0 radical (unpaired) electrons. The van der Waals surface area contributed by atoms with Gasteiger partial charge in [-0.25, -0.2) is 4.98 Å². The highest BCUT2D eigenvalue weighted by atomic mass is 16.5. The molecule has 0 bridgehead atoms. The van der Waals surface area contributed by atoms with E-state index in [4.69, 9.17) is 4.74 Å². The van der Waals surface area contributed by atoms with Crippen molar-refractivity contribution in [3.8, 4) is 0 Å². The van der Waals surface area contributed by atoms with E-state index in [-0.39, 0.29) is 5.41 Å². The minimum atomic E-state index is -0.268. The van der Waals surface area contributed by atoms with Crippen LogP contribution in [0.5, 0.6) is 0 Å². The van der Waals surface area contributed by atoms with E-state index in [9.17, 15) is 4.79 Å². The molecule has 2 aliphatic rings. The molecule has 25 heavy (non-hydrogen) atoms. The molecule has 1 saturated carbocycles. The maximum atomic E-state index is 13.2. The molecule has 1 aliphatic carbocycles. The Labute approximate surface area is 148 Å². The van der Waals surface area contributed by atoms with Crippen LogP contribution < -0.4 is 0 Å². The van der Waals surface area contributed by atoms with E-state index in [2.05, 4.69) is 33.5 Å². The Morgan fingerprint density at radius 1 is 1.32 bits per heavy atom. The fourth-order valence-electron chi connectivity index (χ4n) is 4.18. The zero-order valence-electron chi connectivity index (χ0n) is 14.9. The first kappa shape index (κ1) is 16.3. The summed E-state index contributed by atoms with van der Waals surface area (Å²) in [5.74, 6) is 1.25. The lowest BCUT2D eigenvalue weighted by molar-refractivity contribution is -0.133. The molecule has 4 rings (SSSR count). The topological polar surface area (TPSA) is 47.4 Å². The molecule has 1 aliphatic heterocycles. The van der Waals surface area contributed by atoms with E-state index in [1.807, 2.05) is 24.4 Å². The van der Waals surface area contributed by atoms with Crippen LogP contribution in [-0.4, -0.2) is 40.6 Å². The SMILES string of the molecule is COCc1ncc(C)n1C1CCN(C(=O)C2(c3ccccc3)CC2)C1. The number of hydrogen-bond donors (Lipinski definition) is 0. The number of aryl methyl sites for hydroxylation is 1. The summed E-state index contributed by atoms with van der Waals surface area (Å²) in [5, 5.41) is 0. The first-order valence-electron chi connectivity index (χ1n) is 9.02. The second kappa shape index (κ2) is 6.30. The Kier molecular flexibility index (Phi) is 4.12. The summed E-state index contributed by atoms with van der Waals surface area (Å²) in [4.78, 5) is 19.7. The van der Waals surface area contributed by atoms with Crippen molar-refractivity contribution in [2.24, 2.45) is 0 Å². The number of methoxy groups -OCH3 is 1. The van der Waals surface area contributed by atoms with Crippen LogP contribution >= 0.6 is 0 Å². The van der Waals surface area contributed by atoms with Gasteiger partial charge >= 0.3 is 0 Å². The lowest BCUT2D eigenvalue weighted by atomic mass is 9.94. The summed E-state index contributed by atoms with van der Waals surface area (Å²) in [5.41, 5.74) is 2.04. The molecule has 1 unspecified atom stereocenters. The molecule has 2 heterocycles. The third kappa shape index (κ3) is 2.76. The Morgan fingerprint density at radius 3 is 2.76 bits per heavy atom. The van der Waals surface area contributed by atoms with Gasteiger partial charge in [0.1, 0.15) is 12.4 Å². The van der Waals surface area contributed by atoms with Crippen LogP contribution in [0.4, 0.5) is 0 Å². The summed E-state index contributed by atoms with van der Waals surface area (Å²) in [7, 11) is 1.69. The number of ether oxygens (including phenoxy) is 1. The van der Waals surface area contributed by atoms with Crippen LogP contribution in [-0.2, 0) is 21.6 Å². The molecular weight excluding hydrogens is 314 g/mol. The van der Waals surface area contributed by atoms with Crippen molar-refractivity contribution >= 4 is 5.91 Å². The van der Waals surface area contributed by atoms with E-state index < -0.39 is 0 Å². The molecule has 0 N–H and O–H groups in total. The Morgan fingerprint density at radius 2 is 2.08 bits per heavy atom. The van der Waals surface area contributed by atoms with Gasteiger partial charge < -0.3 is 14.2 Å². The van der Waals surface area contributed by atoms with Gasteiger partial charge in [0.15, 0.2) is 0 Å². The first-order chi connectivity index (χ1) is 12.2. The fraction of sp³-hybridized carbons (Fsp3) is 0.500. The second-order valence-electron chi connectivity index (χ2n) is 7.26. The van der Waals surface area contributed by atoms with Crippen molar-refractivity contribution in [1.29, 1.82) is 0 Å². The number of carbonyl (C=O) groups is 1. The van der Waals surface area contributed by atoms with E-state index in [1.54, 1.807) is 7.11 Å².